The molecule has 0 aromatic heterocycles. The summed E-state index contributed by atoms with van der Waals surface area (Å²) < 4.78 is 26.9. The van der Waals surface area contributed by atoms with E-state index in [4.69, 9.17) is 0 Å². The minimum absolute atomic E-state index is 0.352. The highest BCUT2D eigenvalue weighted by Gasteiger charge is 2.36. The first-order chi connectivity index (χ1) is 9.25. The average Bonchev–Trinajstić information content (AvgIpc) is 2.72. The molecule has 1 aliphatic rings. The molecule has 20 heavy (non-hydrogen) atoms. The molecule has 2 N–H and O–H groups in total. The minimum Gasteiger partial charge on any atom is -0.390 e. The molecule has 2 rings (SSSR count). The lowest BCUT2D eigenvalue weighted by molar-refractivity contribution is 0.136. The van der Waals surface area contributed by atoms with Crippen molar-refractivity contribution in [3.63, 3.8) is 0 Å². The standard InChI is InChI=1S/C14H22N2O3S/c1-9-5-10(2)14(11(3)6-9)20(18,19)16(4)12-7-15-8-13(12)17/h5-6,12-13,15,17H,7-8H2,1-4H3/t12-,13-/m0/s1. The van der Waals surface area contributed by atoms with Gasteiger partial charge in [-0.3, -0.25) is 0 Å². The van der Waals surface area contributed by atoms with Crippen molar-refractivity contribution in [2.75, 3.05) is 20.1 Å². The first-order valence-electron chi connectivity index (χ1n) is 6.70. The summed E-state index contributed by atoms with van der Waals surface area (Å²) in [6.07, 6.45) is -0.666. The topological polar surface area (TPSA) is 69.6 Å². The molecule has 1 fully saturated rings. The van der Waals surface area contributed by atoms with Crippen LogP contribution >= 0.6 is 0 Å². The van der Waals surface area contributed by atoms with Crippen molar-refractivity contribution in [3.8, 4) is 0 Å². The summed E-state index contributed by atoms with van der Waals surface area (Å²) >= 11 is 0. The van der Waals surface area contributed by atoms with Crippen LogP contribution in [0.5, 0.6) is 0 Å². The van der Waals surface area contributed by atoms with Gasteiger partial charge >= 0.3 is 0 Å². The van der Waals surface area contributed by atoms with Crippen LogP contribution in [-0.4, -0.2) is 50.1 Å². The Morgan fingerprint density at radius 2 is 1.75 bits per heavy atom. The van der Waals surface area contributed by atoms with E-state index in [0.29, 0.717) is 18.0 Å². The summed E-state index contributed by atoms with van der Waals surface area (Å²) in [7, 11) is -2.06. The van der Waals surface area contributed by atoms with E-state index in [2.05, 4.69) is 5.32 Å². The molecule has 1 heterocycles. The normalized spacial score (nSPS) is 23.5. The molecule has 6 heteroatoms. The molecule has 0 unspecified atom stereocenters. The van der Waals surface area contributed by atoms with Gasteiger partial charge in [0.15, 0.2) is 0 Å². The van der Waals surface area contributed by atoms with Crippen molar-refractivity contribution in [3.05, 3.63) is 28.8 Å². The van der Waals surface area contributed by atoms with Crippen LogP contribution in [0.2, 0.25) is 0 Å². The van der Waals surface area contributed by atoms with Crippen molar-refractivity contribution >= 4 is 10.0 Å². The van der Waals surface area contributed by atoms with E-state index in [0.717, 1.165) is 16.7 Å². The number of β-amino-alcohol motifs (C(OH)–C–C–N with tert-alkyl or cyclic N) is 1. The average molecular weight is 298 g/mol. The number of nitrogens with one attached hydrogen (secondary N) is 1. The quantitative estimate of drug-likeness (QED) is 0.856. The van der Waals surface area contributed by atoms with Crippen molar-refractivity contribution < 1.29 is 13.5 Å². The van der Waals surface area contributed by atoms with Crippen molar-refractivity contribution in [1.82, 2.24) is 9.62 Å². The van der Waals surface area contributed by atoms with Gasteiger partial charge in [-0.15, -0.1) is 0 Å². The van der Waals surface area contributed by atoms with E-state index in [9.17, 15) is 13.5 Å². The lowest BCUT2D eigenvalue weighted by Gasteiger charge is -2.27. The molecule has 0 aliphatic carbocycles. The first-order valence-corrected chi connectivity index (χ1v) is 8.14. The fourth-order valence-electron chi connectivity index (χ4n) is 2.92. The molecule has 1 aliphatic heterocycles. The van der Waals surface area contributed by atoms with Gasteiger partial charge in [0.05, 0.1) is 17.0 Å². The second kappa shape index (κ2) is 5.44. The van der Waals surface area contributed by atoms with E-state index in [1.54, 1.807) is 0 Å². The maximum absolute atomic E-state index is 12.8. The fraction of sp³-hybridized carbons (Fsp3) is 0.571. The molecule has 0 saturated carbocycles. The van der Waals surface area contributed by atoms with Gasteiger partial charge < -0.3 is 10.4 Å². The number of hydrogen-bond acceptors (Lipinski definition) is 4. The van der Waals surface area contributed by atoms with Crippen LogP contribution in [0, 0.1) is 20.8 Å². The zero-order valence-electron chi connectivity index (χ0n) is 12.3. The molecular formula is C14H22N2O3S. The number of benzene rings is 1. The van der Waals surface area contributed by atoms with Crippen LogP contribution in [0.25, 0.3) is 0 Å². The highest BCUT2D eigenvalue weighted by molar-refractivity contribution is 7.89. The molecule has 5 nitrogen and oxygen atoms in total. The van der Waals surface area contributed by atoms with Crippen LogP contribution < -0.4 is 5.32 Å². The number of likely N-dealkylation sites (N-methyl/N-ethyl adjacent to an activating group) is 1. The molecule has 2 atom stereocenters. The SMILES string of the molecule is Cc1cc(C)c(S(=O)(=O)N(C)[C@H]2CNC[C@@H]2O)c(C)c1. The smallest absolute Gasteiger partial charge is 0.243 e. The highest BCUT2D eigenvalue weighted by Crippen LogP contribution is 2.26. The summed E-state index contributed by atoms with van der Waals surface area (Å²) in [6.45, 7) is 6.47. The third kappa shape index (κ3) is 2.61. The maximum atomic E-state index is 12.8. The Labute approximate surface area is 120 Å². The van der Waals surface area contributed by atoms with Gasteiger partial charge in [-0.25, -0.2) is 8.42 Å². The molecule has 1 saturated heterocycles. The van der Waals surface area contributed by atoms with Crippen LogP contribution in [0.3, 0.4) is 0 Å². The van der Waals surface area contributed by atoms with Crippen molar-refractivity contribution in [2.45, 2.75) is 37.8 Å². The summed E-state index contributed by atoms with van der Waals surface area (Å²) in [6, 6.07) is 3.33. The predicted molar refractivity (Wildman–Crippen MR) is 78.3 cm³/mol. The third-order valence-electron chi connectivity index (χ3n) is 3.86. The molecule has 0 bridgehead atoms. The Balaban J connectivity index is 2.45. The van der Waals surface area contributed by atoms with E-state index < -0.39 is 22.2 Å². The molecule has 0 spiro atoms. The van der Waals surface area contributed by atoms with Crippen LogP contribution in [-0.2, 0) is 10.0 Å². The Bertz CT molecular complexity index is 590. The number of nitrogens with zero attached hydrogens (tertiary/aromatic N) is 1. The third-order valence-corrected chi connectivity index (χ3v) is 6.05. The van der Waals surface area contributed by atoms with Gasteiger partial charge in [-0.1, -0.05) is 17.7 Å². The summed E-state index contributed by atoms with van der Waals surface area (Å²) in [5, 5.41) is 12.9. The number of aliphatic hydroxyl groups is 1. The van der Waals surface area contributed by atoms with Gasteiger partial charge in [0.1, 0.15) is 0 Å². The number of aryl methyl sites for hydroxylation is 3. The lowest BCUT2D eigenvalue weighted by Crippen LogP contribution is -2.44. The summed E-state index contributed by atoms with van der Waals surface area (Å²) in [5.74, 6) is 0. The summed E-state index contributed by atoms with van der Waals surface area (Å²) in [4.78, 5) is 0.352. The van der Waals surface area contributed by atoms with E-state index in [1.807, 2.05) is 32.9 Å². The number of aliphatic hydroxyl groups excluding tert-OH is 1. The zero-order chi connectivity index (χ0) is 15.1. The number of rotatable bonds is 3. The van der Waals surface area contributed by atoms with E-state index >= 15 is 0 Å². The molecule has 0 amide bonds. The molecule has 1 aromatic rings. The second-order valence-corrected chi connectivity index (χ2v) is 7.48. The van der Waals surface area contributed by atoms with Crippen molar-refractivity contribution in [2.24, 2.45) is 0 Å². The fourth-order valence-corrected chi connectivity index (χ4v) is 4.71. The maximum Gasteiger partial charge on any atom is 0.243 e. The van der Waals surface area contributed by atoms with E-state index in [-0.39, 0.29) is 0 Å². The van der Waals surface area contributed by atoms with Crippen LogP contribution in [0.4, 0.5) is 0 Å². The van der Waals surface area contributed by atoms with Gasteiger partial charge in [0.25, 0.3) is 0 Å². The van der Waals surface area contributed by atoms with Gasteiger partial charge in [-0.2, -0.15) is 4.31 Å². The number of hydrogen-bond donors (Lipinski definition) is 2. The van der Waals surface area contributed by atoms with Gasteiger partial charge in [0, 0.05) is 20.1 Å². The first kappa shape index (κ1) is 15.4. The molecule has 0 radical (unpaired) electrons. The Hall–Kier alpha value is -0.950. The molecule has 112 valence electrons. The number of sulfonamides is 1. The van der Waals surface area contributed by atoms with Crippen LogP contribution in [0.15, 0.2) is 17.0 Å². The second-order valence-electron chi connectivity index (χ2n) is 5.54. The molecule has 1 aromatic carbocycles. The highest BCUT2D eigenvalue weighted by atomic mass is 32.2. The monoisotopic (exact) mass is 298 g/mol. The van der Waals surface area contributed by atoms with Crippen molar-refractivity contribution in [1.29, 1.82) is 0 Å². The summed E-state index contributed by atoms with van der Waals surface area (Å²) in [5.41, 5.74) is 2.54. The predicted octanol–water partition coefficient (Wildman–Crippen LogP) is 0.565. The molecular weight excluding hydrogens is 276 g/mol. The zero-order valence-corrected chi connectivity index (χ0v) is 13.2. The Morgan fingerprint density at radius 3 is 2.20 bits per heavy atom. The largest absolute Gasteiger partial charge is 0.390 e. The lowest BCUT2D eigenvalue weighted by atomic mass is 10.1. The Morgan fingerprint density at radius 1 is 1.20 bits per heavy atom. The minimum atomic E-state index is -3.60. The van der Waals surface area contributed by atoms with Gasteiger partial charge in [0.2, 0.25) is 10.0 Å². The Kier molecular flexibility index (Phi) is 4.20. The van der Waals surface area contributed by atoms with Gasteiger partial charge in [-0.05, 0) is 31.9 Å². The van der Waals surface area contributed by atoms with E-state index in [1.165, 1.54) is 11.4 Å². The van der Waals surface area contributed by atoms with Crippen LogP contribution in [0.1, 0.15) is 16.7 Å².